The molecule has 0 bridgehead atoms. The van der Waals surface area contributed by atoms with Gasteiger partial charge in [-0.3, -0.25) is 0 Å². The van der Waals surface area contributed by atoms with Crippen LogP contribution in [0.4, 0.5) is 10.1 Å². The van der Waals surface area contributed by atoms with Gasteiger partial charge in [0.05, 0.1) is 6.57 Å². The van der Waals surface area contributed by atoms with Crippen LogP contribution in [0, 0.1) is 12.4 Å². The van der Waals surface area contributed by atoms with Crippen LogP contribution < -0.4 is 0 Å². The Morgan fingerprint density at radius 3 is 2.73 bits per heavy atom. The van der Waals surface area contributed by atoms with Gasteiger partial charge in [-0.05, 0) is 11.6 Å². The summed E-state index contributed by atoms with van der Waals surface area (Å²) in [7, 11) is 0. The lowest BCUT2D eigenvalue weighted by molar-refractivity contribution is 0.618. The quantitative estimate of drug-likeness (QED) is 0.499. The summed E-state index contributed by atoms with van der Waals surface area (Å²) in [5.74, 6) is -0.324. The maximum atomic E-state index is 12.9. The minimum atomic E-state index is -0.324. The summed E-state index contributed by atoms with van der Waals surface area (Å²) in [6, 6.07) is 4.45. The second kappa shape index (κ2) is 3.49. The molecule has 0 atom stereocenters. The Bertz CT molecular complexity index is 303. The van der Waals surface area contributed by atoms with E-state index in [9.17, 15) is 4.39 Å². The third kappa shape index (κ3) is 1.78. The number of rotatable bonds is 1. The molecule has 1 aromatic rings. The van der Waals surface area contributed by atoms with Crippen LogP contribution in [0.15, 0.2) is 18.2 Å². The van der Waals surface area contributed by atoms with E-state index >= 15 is 0 Å². The van der Waals surface area contributed by atoms with Gasteiger partial charge < -0.3 is 0 Å². The minimum absolute atomic E-state index is 0.324. The van der Waals surface area contributed by atoms with Crippen molar-refractivity contribution >= 4 is 21.6 Å². The van der Waals surface area contributed by atoms with E-state index in [1.54, 1.807) is 12.1 Å². The molecule has 0 heterocycles. The molecule has 1 aromatic carbocycles. The average Bonchev–Trinajstić information content (AvgIpc) is 2.04. The van der Waals surface area contributed by atoms with Gasteiger partial charge in [0.15, 0.2) is 5.69 Å². The second-order valence-electron chi connectivity index (χ2n) is 2.02. The Morgan fingerprint density at radius 2 is 2.27 bits per heavy atom. The monoisotopic (exact) mass is 213 g/mol. The fourth-order valence-corrected chi connectivity index (χ4v) is 1.17. The summed E-state index contributed by atoms with van der Waals surface area (Å²) in [5.41, 5.74) is 0.921. The molecule has 0 aliphatic carbocycles. The van der Waals surface area contributed by atoms with E-state index in [-0.39, 0.29) is 5.82 Å². The largest absolute Gasteiger partial charge is 0.238 e. The van der Waals surface area contributed by atoms with Gasteiger partial charge in [-0.2, -0.15) is 0 Å². The Balaban J connectivity index is 3.12. The molecule has 0 amide bonds. The third-order valence-electron chi connectivity index (χ3n) is 1.31. The fraction of sp³-hybridized carbons (Fsp3) is 0.125. The van der Waals surface area contributed by atoms with Crippen LogP contribution in [0.5, 0.6) is 0 Å². The Morgan fingerprint density at radius 1 is 1.55 bits per heavy atom. The van der Waals surface area contributed by atoms with E-state index in [4.69, 9.17) is 6.57 Å². The van der Waals surface area contributed by atoms with Crippen LogP contribution in [-0.4, -0.2) is 0 Å². The van der Waals surface area contributed by atoms with Gasteiger partial charge in [-0.15, -0.1) is 0 Å². The average molecular weight is 214 g/mol. The van der Waals surface area contributed by atoms with Crippen LogP contribution in [0.25, 0.3) is 4.85 Å². The molecule has 1 rings (SSSR count). The normalized spacial score (nSPS) is 9.18. The predicted molar refractivity (Wildman–Crippen MR) is 45.3 cm³/mol. The van der Waals surface area contributed by atoms with Gasteiger partial charge in [0.2, 0.25) is 0 Å². The van der Waals surface area contributed by atoms with Gasteiger partial charge in [0.1, 0.15) is 5.82 Å². The lowest BCUT2D eigenvalue weighted by Gasteiger charge is -1.96. The van der Waals surface area contributed by atoms with Crippen molar-refractivity contribution in [2.24, 2.45) is 0 Å². The second-order valence-corrected chi connectivity index (χ2v) is 2.58. The zero-order valence-electron chi connectivity index (χ0n) is 5.64. The molecule has 0 spiro atoms. The molecular weight excluding hydrogens is 209 g/mol. The highest BCUT2D eigenvalue weighted by Crippen LogP contribution is 2.18. The number of benzene rings is 1. The van der Waals surface area contributed by atoms with Crippen molar-refractivity contribution in [3.05, 3.63) is 41.0 Å². The van der Waals surface area contributed by atoms with Crippen molar-refractivity contribution in [1.82, 2.24) is 0 Å². The maximum absolute atomic E-state index is 12.9. The topological polar surface area (TPSA) is 4.36 Å². The molecule has 3 heteroatoms. The highest BCUT2D eigenvalue weighted by atomic mass is 79.9. The first-order chi connectivity index (χ1) is 5.27. The van der Waals surface area contributed by atoms with Gasteiger partial charge in [-0.25, -0.2) is 9.24 Å². The molecule has 0 saturated heterocycles. The van der Waals surface area contributed by atoms with E-state index in [0.29, 0.717) is 16.6 Å². The molecule has 0 aliphatic rings. The van der Waals surface area contributed by atoms with Crippen LogP contribution in [0.1, 0.15) is 5.56 Å². The number of halogens is 2. The highest BCUT2D eigenvalue weighted by Gasteiger charge is 2.00. The van der Waals surface area contributed by atoms with E-state index in [2.05, 4.69) is 20.8 Å². The molecule has 56 valence electrons. The molecule has 11 heavy (non-hydrogen) atoms. The standard InChI is InChI=1S/C8H5BrFN/c1-11-7-3-2-6(5-9)8(10)4-7/h2-4H,5H2. The Kier molecular flexibility index (Phi) is 2.61. The molecule has 0 radical (unpaired) electrons. The number of alkyl halides is 1. The smallest absolute Gasteiger partial charge is 0.190 e. The molecular formula is C8H5BrFN. The van der Waals surface area contributed by atoms with Crippen LogP contribution in [0.2, 0.25) is 0 Å². The Hall–Kier alpha value is -0.880. The van der Waals surface area contributed by atoms with E-state index < -0.39 is 0 Å². The van der Waals surface area contributed by atoms with E-state index in [1.807, 2.05) is 0 Å². The summed E-state index contributed by atoms with van der Waals surface area (Å²) in [6.45, 7) is 6.61. The summed E-state index contributed by atoms with van der Waals surface area (Å²) in [5, 5.41) is 0.483. The Labute approximate surface area is 72.8 Å². The molecule has 0 fully saturated rings. The van der Waals surface area contributed by atoms with Crippen molar-refractivity contribution in [2.75, 3.05) is 0 Å². The van der Waals surface area contributed by atoms with Crippen LogP contribution >= 0.6 is 15.9 Å². The van der Waals surface area contributed by atoms with Crippen molar-refractivity contribution in [3.63, 3.8) is 0 Å². The maximum Gasteiger partial charge on any atom is 0.190 e. The lowest BCUT2D eigenvalue weighted by atomic mass is 10.2. The minimum Gasteiger partial charge on any atom is -0.238 e. The van der Waals surface area contributed by atoms with Crippen molar-refractivity contribution in [3.8, 4) is 0 Å². The third-order valence-corrected chi connectivity index (χ3v) is 1.91. The SMILES string of the molecule is [C-]#[N+]c1ccc(CBr)c(F)c1. The molecule has 0 saturated carbocycles. The molecule has 1 nitrogen and oxygen atoms in total. The van der Waals surface area contributed by atoms with Gasteiger partial charge in [-0.1, -0.05) is 28.1 Å². The first kappa shape index (κ1) is 8.22. The van der Waals surface area contributed by atoms with E-state index in [1.165, 1.54) is 6.07 Å². The molecule has 0 N–H and O–H groups in total. The summed E-state index contributed by atoms with van der Waals surface area (Å²) in [4.78, 5) is 3.10. The van der Waals surface area contributed by atoms with Gasteiger partial charge >= 0.3 is 0 Å². The summed E-state index contributed by atoms with van der Waals surface area (Å²) in [6.07, 6.45) is 0. The van der Waals surface area contributed by atoms with Crippen molar-refractivity contribution in [2.45, 2.75) is 5.33 Å². The number of hydrogen-bond acceptors (Lipinski definition) is 0. The van der Waals surface area contributed by atoms with Crippen LogP contribution in [0.3, 0.4) is 0 Å². The fourth-order valence-electron chi connectivity index (χ4n) is 0.714. The number of hydrogen-bond donors (Lipinski definition) is 0. The number of nitrogens with zero attached hydrogens (tertiary/aromatic N) is 1. The molecule has 0 aliphatic heterocycles. The van der Waals surface area contributed by atoms with Gasteiger partial charge in [0.25, 0.3) is 0 Å². The highest BCUT2D eigenvalue weighted by molar-refractivity contribution is 9.08. The molecule has 0 unspecified atom stereocenters. The van der Waals surface area contributed by atoms with Crippen LogP contribution in [-0.2, 0) is 5.33 Å². The first-order valence-corrected chi connectivity index (χ1v) is 4.12. The first-order valence-electron chi connectivity index (χ1n) is 3.00. The zero-order valence-corrected chi connectivity index (χ0v) is 7.23. The van der Waals surface area contributed by atoms with Gasteiger partial charge in [0, 0.05) is 5.33 Å². The van der Waals surface area contributed by atoms with E-state index in [0.717, 1.165) is 0 Å². The van der Waals surface area contributed by atoms with Crippen molar-refractivity contribution < 1.29 is 4.39 Å². The summed E-state index contributed by atoms with van der Waals surface area (Å²) >= 11 is 3.14. The summed E-state index contributed by atoms with van der Waals surface area (Å²) < 4.78 is 12.9. The zero-order chi connectivity index (χ0) is 8.27. The van der Waals surface area contributed by atoms with Crippen molar-refractivity contribution in [1.29, 1.82) is 0 Å². The lowest BCUT2D eigenvalue weighted by Crippen LogP contribution is -1.82. The predicted octanol–water partition coefficient (Wildman–Crippen LogP) is 3.27. The molecule has 0 aromatic heterocycles.